The van der Waals surface area contributed by atoms with Gasteiger partial charge in [-0.3, -0.25) is 4.79 Å². The number of thioether (sulfide) groups is 1. The highest BCUT2D eigenvalue weighted by molar-refractivity contribution is 8.00. The normalized spacial score (nSPS) is 12.4. The van der Waals surface area contributed by atoms with Gasteiger partial charge in [0.05, 0.1) is 17.9 Å². The summed E-state index contributed by atoms with van der Waals surface area (Å²) in [6, 6.07) is 3.26. The zero-order valence-electron chi connectivity index (χ0n) is 8.81. The largest absolute Gasteiger partial charge is 0.507 e. The van der Waals surface area contributed by atoms with E-state index in [0.717, 1.165) is 18.2 Å². The third-order valence-corrected chi connectivity index (χ3v) is 3.16. The van der Waals surface area contributed by atoms with Gasteiger partial charge >= 0.3 is 0 Å². The van der Waals surface area contributed by atoms with E-state index in [4.69, 9.17) is 5.11 Å². The lowest BCUT2D eigenvalue weighted by Crippen LogP contribution is -2.09. The van der Waals surface area contributed by atoms with Crippen molar-refractivity contribution in [3.8, 4) is 5.75 Å². The van der Waals surface area contributed by atoms with E-state index in [-0.39, 0.29) is 34.7 Å². The zero-order valence-corrected chi connectivity index (χ0v) is 9.63. The lowest BCUT2D eigenvalue weighted by Gasteiger charge is -2.07. The average Bonchev–Trinajstić information content (AvgIpc) is 2.28. The molecule has 0 aliphatic rings. The molecule has 88 valence electrons. The van der Waals surface area contributed by atoms with Crippen LogP contribution in [0.2, 0.25) is 0 Å². The van der Waals surface area contributed by atoms with Crippen molar-refractivity contribution in [3.05, 3.63) is 29.6 Å². The number of phenols is 1. The quantitative estimate of drug-likeness (QED) is 0.776. The third-order valence-electron chi connectivity index (χ3n) is 2.02. The second kappa shape index (κ2) is 5.86. The molecule has 1 aromatic rings. The molecule has 1 unspecified atom stereocenters. The van der Waals surface area contributed by atoms with Gasteiger partial charge in [0.2, 0.25) is 0 Å². The van der Waals surface area contributed by atoms with Crippen molar-refractivity contribution in [2.24, 2.45) is 0 Å². The standard InChI is InChI=1S/C11H13FO3S/c1-7(5-13)16-6-11(15)9-4-8(12)2-3-10(9)14/h2-4,7,13-14H,5-6H2,1H3. The number of Topliss-reactive ketones (excluding diaryl/α,β-unsaturated/α-hetero) is 1. The second-order valence-corrected chi connectivity index (χ2v) is 4.82. The number of rotatable bonds is 5. The molecule has 2 N–H and O–H groups in total. The molecule has 0 fully saturated rings. The number of aromatic hydroxyl groups is 1. The molecule has 0 saturated carbocycles. The fourth-order valence-electron chi connectivity index (χ4n) is 1.08. The summed E-state index contributed by atoms with van der Waals surface area (Å²) in [5, 5.41) is 18.1. The molecular formula is C11H13FO3S. The van der Waals surface area contributed by atoms with Gasteiger partial charge < -0.3 is 10.2 Å². The summed E-state index contributed by atoms with van der Waals surface area (Å²) >= 11 is 1.26. The highest BCUT2D eigenvalue weighted by Crippen LogP contribution is 2.21. The molecule has 5 heteroatoms. The van der Waals surface area contributed by atoms with Crippen LogP contribution in [0.15, 0.2) is 18.2 Å². The van der Waals surface area contributed by atoms with E-state index in [1.54, 1.807) is 6.92 Å². The van der Waals surface area contributed by atoms with Crippen LogP contribution in [-0.2, 0) is 0 Å². The van der Waals surface area contributed by atoms with Crippen molar-refractivity contribution in [1.29, 1.82) is 0 Å². The third kappa shape index (κ3) is 3.50. The minimum atomic E-state index is -0.554. The molecule has 0 heterocycles. The first-order chi connectivity index (χ1) is 7.54. The summed E-state index contributed by atoms with van der Waals surface area (Å²) < 4.78 is 12.9. The number of carbonyl (C=O) groups excluding carboxylic acids is 1. The molecule has 1 rings (SSSR count). The molecule has 0 aromatic heterocycles. The van der Waals surface area contributed by atoms with Gasteiger partial charge in [-0.15, -0.1) is 11.8 Å². The maximum absolute atomic E-state index is 12.9. The van der Waals surface area contributed by atoms with Crippen molar-refractivity contribution >= 4 is 17.5 Å². The maximum Gasteiger partial charge on any atom is 0.176 e. The Morgan fingerprint density at radius 1 is 1.56 bits per heavy atom. The predicted molar refractivity (Wildman–Crippen MR) is 61.4 cm³/mol. The first-order valence-electron chi connectivity index (χ1n) is 4.78. The Balaban J connectivity index is 2.69. The van der Waals surface area contributed by atoms with E-state index < -0.39 is 5.82 Å². The first kappa shape index (κ1) is 13.0. The second-order valence-electron chi connectivity index (χ2n) is 3.39. The van der Waals surface area contributed by atoms with Crippen LogP contribution >= 0.6 is 11.8 Å². The van der Waals surface area contributed by atoms with Crippen molar-refractivity contribution in [1.82, 2.24) is 0 Å². The molecular weight excluding hydrogens is 231 g/mol. The highest BCUT2D eigenvalue weighted by Gasteiger charge is 2.13. The lowest BCUT2D eigenvalue weighted by atomic mass is 10.1. The Labute approximate surface area is 97.3 Å². The molecule has 0 spiro atoms. The summed E-state index contributed by atoms with van der Waals surface area (Å²) in [6.45, 7) is 1.76. The Kier molecular flexibility index (Phi) is 4.76. The number of phenolic OH excluding ortho intramolecular Hbond substituents is 1. The number of halogens is 1. The summed E-state index contributed by atoms with van der Waals surface area (Å²) in [7, 11) is 0. The van der Waals surface area contributed by atoms with Crippen LogP contribution in [0.3, 0.4) is 0 Å². The van der Waals surface area contributed by atoms with E-state index in [2.05, 4.69) is 0 Å². The van der Waals surface area contributed by atoms with Gasteiger partial charge in [-0.05, 0) is 18.2 Å². The van der Waals surface area contributed by atoms with Crippen LogP contribution in [0.1, 0.15) is 17.3 Å². The Hall–Kier alpha value is -1.07. The number of hydrogen-bond acceptors (Lipinski definition) is 4. The Morgan fingerprint density at radius 2 is 2.25 bits per heavy atom. The smallest absolute Gasteiger partial charge is 0.176 e. The minimum Gasteiger partial charge on any atom is -0.507 e. The van der Waals surface area contributed by atoms with Gasteiger partial charge in [0.15, 0.2) is 5.78 Å². The number of hydrogen-bond donors (Lipinski definition) is 2. The van der Waals surface area contributed by atoms with Crippen LogP contribution in [0, 0.1) is 5.82 Å². The van der Waals surface area contributed by atoms with Crippen LogP contribution in [0.25, 0.3) is 0 Å². The molecule has 0 amide bonds. The Bertz CT molecular complexity index is 381. The van der Waals surface area contributed by atoms with Gasteiger partial charge in [-0.25, -0.2) is 4.39 Å². The molecule has 0 saturated heterocycles. The van der Waals surface area contributed by atoms with Gasteiger partial charge in [0.1, 0.15) is 11.6 Å². The topological polar surface area (TPSA) is 57.5 Å². The molecule has 16 heavy (non-hydrogen) atoms. The fourth-order valence-corrected chi connectivity index (χ4v) is 1.78. The lowest BCUT2D eigenvalue weighted by molar-refractivity contribution is 0.101. The number of aliphatic hydroxyl groups excluding tert-OH is 1. The minimum absolute atomic E-state index is 0.0161. The van der Waals surface area contributed by atoms with Crippen molar-refractivity contribution in [2.45, 2.75) is 12.2 Å². The zero-order chi connectivity index (χ0) is 12.1. The van der Waals surface area contributed by atoms with Crippen molar-refractivity contribution in [3.63, 3.8) is 0 Å². The van der Waals surface area contributed by atoms with Gasteiger partial charge in [0, 0.05) is 5.25 Å². The molecule has 1 atom stereocenters. The first-order valence-corrected chi connectivity index (χ1v) is 5.83. The molecule has 0 bridgehead atoms. The van der Waals surface area contributed by atoms with E-state index in [9.17, 15) is 14.3 Å². The number of ketones is 1. The maximum atomic E-state index is 12.9. The van der Waals surface area contributed by atoms with E-state index in [1.807, 2.05) is 0 Å². The van der Waals surface area contributed by atoms with Crippen LogP contribution in [0.4, 0.5) is 4.39 Å². The highest BCUT2D eigenvalue weighted by atomic mass is 32.2. The molecule has 1 aromatic carbocycles. The molecule has 0 aliphatic carbocycles. The molecule has 3 nitrogen and oxygen atoms in total. The monoisotopic (exact) mass is 244 g/mol. The summed E-state index contributed by atoms with van der Waals surface area (Å²) in [5.74, 6) is -1.01. The SMILES string of the molecule is CC(CO)SCC(=O)c1cc(F)ccc1O. The van der Waals surface area contributed by atoms with E-state index >= 15 is 0 Å². The van der Waals surface area contributed by atoms with Crippen LogP contribution in [-0.4, -0.2) is 33.6 Å². The molecule has 0 radical (unpaired) electrons. The molecule has 0 aliphatic heterocycles. The van der Waals surface area contributed by atoms with Crippen LogP contribution < -0.4 is 0 Å². The summed E-state index contributed by atoms with van der Waals surface area (Å²) in [4.78, 5) is 11.6. The van der Waals surface area contributed by atoms with Crippen LogP contribution in [0.5, 0.6) is 5.75 Å². The fraction of sp³-hybridized carbons (Fsp3) is 0.364. The summed E-state index contributed by atoms with van der Waals surface area (Å²) in [6.07, 6.45) is 0. The average molecular weight is 244 g/mol. The number of aliphatic hydroxyl groups is 1. The predicted octanol–water partition coefficient (Wildman–Crippen LogP) is 1.83. The van der Waals surface area contributed by atoms with Gasteiger partial charge in [-0.2, -0.15) is 0 Å². The summed E-state index contributed by atoms with van der Waals surface area (Å²) in [5.41, 5.74) is -0.0161. The van der Waals surface area contributed by atoms with E-state index in [0.29, 0.717) is 0 Å². The van der Waals surface area contributed by atoms with E-state index in [1.165, 1.54) is 11.8 Å². The number of carbonyl (C=O) groups is 1. The van der Waals surface area contributed by atoms with Gasteiger partial charge in [-0.1, -0.05) is 6.92 Å². The Morgan fingerprint density at radius 3 is 2.88 bits per heavy atom. The number of benzene rings is 1. The van der Waals surface area contributed by atoms with Crippen molar-refractivity contribution in [2.75, 3.05) is 12.4 Å². The van der Waals surface area contributed by atoms with Gasteiger partial charge in [0.25, 0.3) is 0 Å². The van der Waals surface area contributed by atoms with Crippen molar-refractivity contribution < 1.29 is 19.4 Å².